The standard InChI is InChI=1S/C13H20FNO/c1-4-10(2)15-8-11-5-6-13(14)12(7-11)9-16-3/h5-7,10,15H,4,8-9H2,1-3H3. The Balaban J connectivity index is 2.63. The molecule has 1 atom stereocenters. The Kier molecular flexibility index (Phi) is 5.43. The van der Waals surface area contributed by atoms with E-state index in [0.717, 1.165) is 18.5 Å². The first kappa shape index (κ1) is 13.1. The summed E-state index contributed by atoms with van der Waals surface area (Å²) in [5.74, 6) is -0.200. The number of rotatable bonds is 6. The Morgan fingerprint density at radius 1 is 1.44 bits per heavy atom. The SMILES string of the molecule is CCC(C)NCc1ccc(F)c(COC)c1. The van der Waals surface area contributed by atoms with Crippen LogP contribution in [0.4, 0.5) is 4.39 Å². The van der Waals surface area contributed by atoms with Gasteiger partial charge in [-0.25, -0.2) is 4.39 Å². The minimum absolute atomic E-state index is 0.200. The van der Waals surface area contributed by atoms with Gasteiger partial charge in [-0.2, -0.15) is 0 Å². The van der Waals surface area contributed by atoms with Crippen molar-refractivity contribution >= 4 is 0 Å². The van der Waals surface area contributed by atoms with Crippen LogP contribution in [0.1, 0.15) is 31.4 Å². The van der Waals surface area contributed by atoms with Crippen LogP contribution >= 0.6 is 0 Å². The molecule has 1 unspecified atom stereocenters. The maximum atomic E-state index is 13.3. The first-order chi connectivity index (χ1) is 7.67. The summed E-state index contributed by atoms with van der Waals surface area (Å²) in [5.41, 5.74) is 1.71. The van der Waals surface area contributed by atoms with E-state index in [1.54, 1.807) is 7.11 Å². The summed E-state index contributed by atoms with van der Waals surface area (Å²) in [7, 11) is 1.57. The Labute approximate surface area is 96.8 Å². The summed E-state index contributed by atoms with van der Waals surface area (Å²) in [6, 6.07) is 5.65. The molecule has 0 bridgehead atoms. The first-order valence-corrected chi connectivity index (χ1v) is 5.67. The predicted molar refractivity (Wildman–Crippen MR) is 63.7 cm³/mol. The van der Waals surface area contributed by atoms with Gasteiger partial charge in [-0.3, -0.25) is 0 Å². The van der Waals surface area contributed by atoms with E-state index in [9.17, 15) is 4.39 Å². The van der Waals surface area contributed by atoms with Crippen molar-refractivity contribution in [2.75, 3.05) is 7.11 Å². The average Bonchev–Trinajstić information content (AvgIpc) is 2.30. The van der Waals surface area contributed by atoms with Crippen LogP contribution in [0.25, 0.3) is 0 Å². The average molecular weight is 225 g/mol. The van der Waals surface area contributed by atoms with E-state index < -0.39 is 0 Å². The van der Waals surface area contributed by atoms with E-state index >= 15 is 0 Å². The molecule has 1 rings (SSSR count). The second kappa shape index (κ2) is 6.61. The van der Waals surface area contributed by atoms with Gasteiger partial charge < -0.3 is 10.1 Å². The highest BCUT2D eigenvalue weighted by atomic mass is 19.1. The van der Waals surface area contributed by atoms with Crippen LogP contribution in [-0.2, 0) is 17.9 Å². The molecule has 0 aromatic heterocycles. The molecule has 0 fully saturated rings. The fourth-order valence-electron chi connectivity index (χ4n) is 1.44. The molecule has 16 heavy (non-hydrogen) atoms. The highest BCUT2D eigenvalue weighted by Gasteiger charge is 2.04. The Bertz CT molecular complexity index is 328. The van der Waals surface area contributed by atoms with Crippen LogP contribution in [0.15, 0.2) is 18.2 Å². The fourth-order valence-corrected chi connectivity index (χ4v) is 1.44. The molecule has 0 aliphatic heterocycles. The van der Waals surface area contributed by atoms with Crippen molar-refractivity contribution in [3.05, 3.63) is 35.1 Å². The molecule has 0 saturated heterocycles. The zero-order valence-electron chi connectivity index (χ0n) is 10.2. The maximum absolute atomic E-state index is 13.3. The van der Waals surface area contributed by atoms with E-state index in [2.05, 4.69) is 19.2 Å². The summed E-state index contributed by atoms with van der Waals surface area (Å²) in [5, 5.41) is 3.37. The summed E-state index contributed by atoms with van der Waals surface area (Å²) < 4.78 is 18.3. The highest BCUT2D eigenvalue weighted by molar-refractivity contribution is 5.24. The molecule has 0 saturated carbocycles. The lowest BCUT2D eigenvalue weighted by Crippen LogP contribution is -2.24. The molecule has 1 N–H and O–H groups in total. The number of hydrogen-bond acceptors (Lipinski definition) is 2. The third-order valence-electron chi connectivity index (χ3n) is 2.68. The van der Waals surface area contributed by atoms with Crippen LogP contribution in [-0.4, -0.2) is 13.2 Å². The zero-order valence-corrected chi connectivity index (χ0v) is 10.2. The van der Waals surface area contributed by atoms with Crippen molar-refractivity contribution in [3.63, 3.8) is 0 Å². The maximum Gasteiger partial charge on any atom is 0.128 e. The molecule has 0 spiro atoms. The van der Waals surface area contributed by atoms with Crippen molar-refractivity contribution in [3.8, 4) is 0 Å². The van der Waals surface area contributed by atoms with E-state index in [1.165, 1.54) is 6.07 Å². The van der Waals surface area contributed by atoms with Gasteiger partial charge in [0.25, 0.3) is 0 Å². The van der Waals surface area contributed by atoms with Gasteiger partial charge in [0, 0.05) is 25.3 Å². The van der Waals surface area contributed by atoms with E-state index in [1.807, 2.05) is 12.1 Å². The summed E-state index contributed by atoms with van der Waals surface area (Å²) in [4.78, 5) is 0. The van der Waals surface area contributed by atoms with Crippen molar-refractivity contribution in [2.24, 2.45) is 0 Å². The van der Waals surface area contributed by atoms with Crippen molar-refractivity contribution < 1.29 is 9.13 Å². The fraction of sp³-hybridized carbons (Fsp3) is 0.538. The smallest absolute Gasteiger partial charge is 0.128 e. The lowest BCUT2D eigenvalue weighted by atomic mass is 10.1. The van der Waals surface area contributed by atoms with Gasteiger partial charge in [0.2, 0.25) is 0 Å². The van der Waals surface area contributed by atoms with Gasteiger partial charge in [-0.15, -0.1) is 0 Å². The lowest BCUT2D eigenvalue weighted by molar-refractivity contribution is 0.181. The summed E-state index contributed by atoms with van der Waals surface area (Å²) in [6.07, 6.45) is 1.09. The zero-order chi connectivity index (χ0) is 12.0. The number of halogens is 1. The molecule has 90 valence electrons. The lowest BCUT2D eigenvalue weighted by Gasteiger charge is -2.12. The molecule has 0 amide bonds. The molecule has 0 radical (unpaired) electrons. The van der Waals surface area contributed by atoms with Gasteiger partial charge in [-0.1, -0.05) is 13.0 Å². The number of benzene rings is 1. The third kappa shape index (κ3) is 3.91. The van der Waals surface area contributed by atoms with Crippen LogP contribution in [0, 0.1) is 5.82 Å². The highest BCUT2D eigenvalue weighted by Crippen LogP contribution is 2.11. The topological polar surface area (TPSA) is 21.3 Å². The van der Waals surface area contributed by atoms with Crippen molar-refractivity contribution in [1.82, 2.24) is 5.32 Å². The normalized spacial score (nSPS) is 12.8. The molecule has 1 aromatic rings. The molecule has 0 aliphatic carbocycles. The molecule has 3 heteroatoms. The largest absolute Gasteiger partial charge is 0.380 e. The quantitative estimate of drug-likeness (QED) is 0.803. The van der Waals surface area contributed by atoms with Crippen molar-refractivity contribution in [2.45, 2.75) is 39.5 Å². The number of hydrogen-bond donors (Lipinski definition) is 1. The monoisotopic (exact) mass is 225 g/mol. The summed E-state index contributed by atoms with van der Waals surface area (Å²) >= 11 is 0. The van der Waals surface area contributed by atoms with Gasteiger partial charge in [0.15, 0.2) is 0 Å². The molecular formula is C13H20FNO. The minimum atomic E-state index is -0.200. The first-order valence-electron chi connectivity index (χ1n) is 5.67. The van der Waals surface area contributed by atoms with Crippen LogP contribution < -0.4 is 5.32 Å². The molecule has 2 nitrogen and oxygen atoms in total. The van der Waals surface area contributed by atoms with Crippen LogP contribution in [0.5, 0.6) is 0 Å². The number of methoxy groups -OCH3 is 1. The number of nitrogens with one attached hydrogen (secondary N) is 1. The Hall–Kier alpha value is -0.930. The second-order valence-electron chi connectivity index (χ2n) is 4.05. The second-order valence-corrected chi connectivity index (χ2v) is 4.05. The van der Waals surface area contributed by atoms with Gasteiger partial charge >= 0.3 is 0 Å². The minimum Gasteiger partial charge on any atom is -0.380 e. The molecular weight excluding hydrogens is 205 g/mol. The predicted octanol–water partition coefficient (Wildman–Crippen LogP) is 2.86. The summed E-state index contributed by atoms with van der Waals surface area (Å²) in [6.45, 7) is 5.37. The molecule has 1 aromatic carbocycles. The number of ether oxygens (including phenoxy) is 1. The van der Waals surface area contributed by atoms with Crippen LogP contribution in [0.2, 0.25) is 0 Å². The van der Waals surface area contributed by atoms with Gasteiger partial charge in [-0.05, 0) is 31.0 Å². The molecule has 0 aliphatic rings. The Morgan fingerprint density at radius 3 is 2.81 bits per heavy atom. The van der Waals surface area contributed by atoms with Crippen molar-refractivity contribution in [1.29, 1.82) is 0 Å². The van der Waals surface area contributed by atoms with E-state index in [-0.39, 0.29) is 5.82 Å². The third-order valence-corrected chi connectivity index (χ3v) is 2.68. The van der Waals surface area contributed by atoms with E-state index in [4.69, 9.17) is 4.74 Å². The van der Waals surface area contributed by atoms with E-state index in [0.29, 0.717) is 18.2 Å². The van der Waals surface area contributed by atoms with Gasteiger partial charge in [0.05, 0.1) is 6.61 Å². The Morgan fingerprint density at radius 2 is 2.19 bits per heavy atom. The molecule has 0 heterocycles. The van der Waals surface area contributed by atoms with Crippen LogP contribution in [0.3, 0.4) is 0 Å². The van der Waals surface area contributed by atoms with Gasteiger partial charge in [0.1, 0.15) is 5.82 Å².